The Balaban J connectivity index is 2.01. The van der Waals surface area contributed by atoms with E-state index in [9.17, 15) is 0 Å². The van der Waals surface area contributed by atoms with Crippen molar-refractivity contribution in [1.82, 2.24) is 0 Å². The predicted molar refractivity (Wildman–Crippen MR) is 87.7 cm³/mol. The molecular formula is C19H17NO2. The summed E-state index contributed by atoms with van der Waals surface area (Å²) in [7, 11) is 0. The second-order valence-corrected chi connectivity index (χ2v) is 5.75. The minimum atomic E-state index is 0.540. The molecule has 0 aliphatic carbocycles. The summed E-state index contributed by atoms with van der Waals surface area (Å²) in [5.74, 6) is 1.35. The van der Waals surface area contributed by atoms with Crippen molar-refractivity contribution in [3.63, 3.8) is 0 Å². The summed E-state index contributed by atoms with van der Waals surface area (Å²) in [5, 5.41) is 0. The summed E-state index contributed by atoms with van der Waals surface area (Å²) >= 11 is 0. The third kappa shape index (κ3) is 1.82. The number of hydrogen-bond acceptors (Lipinski definition) is 3. The Kier molecular flexibility index (Phi) is 2.76. The number of hydrogen-bond donors (Lipinski definition) is 0. The van der Waals surface area contributed by atoms with Crippen molar-refractivity contribution in [2.24, 2.45) is 0 Å². The van der Waals surface area contributed by atoms with Crippen LogP contribution in [0.5, 0.6) is 11.7 Å². The Hall–Kier alpha value is -2.68. The number of benzene rings is 2. The van der Waals surface area contributed by atoms with Crippen LogP contribution in [0.2, 0.25) is 0 Å². The molecule has 0 unspecified atom stereocenters. The summed E-state index contributed by atoms with van der Waals surface area (Å²) in [6.07, 6.45) is 1.67. The fourth-order valence-corrected chi connectivity index (χ4v) is 3.25. The van der Waals surface area contributed by atoms with Crippen LogP contribution in [0, 0.1) is 20.8 Å². The minimum Gasteiger partial charge on any atom is -0.432 e. The molecule has 0 N–H and O–H groups in total. The summed E-state index contributed by atoms with van der Waals surface area (Å²) in [4.78, 5) is 2.22. The maximum Gasteiger partial charge on any atom is 0.315 e. The molecule has 0 fully saturated rings. The van der Waals surface area contributed by atoms with E-state index in [0.717, 1.165) is 17.1 Å². The van der Waals surface area contributed by atoms with Crippen LogP contribution < -0.4 is 9.64 Å². The van der Waals surface area contributed by atoms with Crippen molar-refractivity contribution < 1.29 is 9.15 Å². The largest absolute Gasteiger partial charge is 0.432 e. The van der Waals surface area contributed by atoms with Crippen molar-refractivity contribution in [3.8, 4) is 11.7 Å². The van der Waals surface area contributed by atoms with Gasteiger partial charge in [-0.1, -0.05) is 29.8 Å². The lowest BCUT2D eigenvalue weighted by Gasteiger charge is -2.32. The van der Waals surface area contributed by atoms with Gasteiger partial charge in [0.05, 0.1) is 17.6 Å². The first-order valence-electron chi connectivity index (χ1n) is 7.37. The van der Waals surface area contributed by atoms with Crippen LogP contribution in [0.4, 0.5) is 17.1 Å². The standard InChI is InChI=1S/C19H17NO2/c1-12-10-13(2)18(14(3)11-12)20-15-6-4-5-7-17(15)22-19-16(20)8-9-21-19/h4-11H,1-3H3. The van der Waals surface area contributed by atoms with Gasteiger partial charge in [-0.3, -0.25) is 0 Å². The van der Waals surface area contributed by atoms with Crippen LogP contribution in [0.3, 0.4) is 0 Å². The third-order valence-corrected chi connectivity index (χ3v) is 4.02. The summed E-state index contributed by atoms with van der Waals surface area (Å²) < 4.78 is 11.4. The molecule has 1 aliphatic rings. The summed E-state index contributed by atoms with van der Waals surface area (Å²) in [6.45, 7) is 6.42. The lowest BCUT2D eigenvalue weighted by Crippen LogP contribution is -2.16. The van der Waals surface area contributed by atoms with Crippen LogP contribution in [0.25, 0.3) is 0 Å². The monoisotopic (exact) mass is 291 g/mol. The molecule has 22 heavy (non-hydrogen) atoms. The molecule has 0 amide bonds. The Morgan fingerprint density at radius 1 is 0.864 bits per heavy atom. The first-order valence-corrected chi connectivity index (χ1v) is 7.37. The molecule has 0 spiro atoms. The van der Waals surface area contributed by atoms with Crippen molar-refractivity contribution in [1.29, 1.82) is 0 Å². The van der Waals surface area contributed by atoms with Crippen LogP contribution >= 0.6 is 0 Å². The van der Waals surface area contributed by atoms with Gasteiger partial charge < -0.3 is 14.1 Å². The molecule has 0 bridgehead atoms. The van der Waals surface area contributed by atoms with Crippen LogP contribution in [0.15, 0.2) is 53.1 Å². The van der Waals surface area contributed by atoms with Crippen LogP contribution in [0.1, 0.15) is 16.7 Å². The molecule has 110 valence electrons. The van der Waals surface area contributed by atoms with Crippen molar-refractivity contribution in [2.45, 2.75) is 20.8 Å². The fraction of sp³-hybridized carbons (Fsp3) is 0.158. The second kappa shape index (κ2) is 4.67. The number of para-hydroxylation sites is 2. The van der Waals surface area contributed by atoms with Crippen LogP contribution in [-0.4, -0.2) is 0 Å². The van der Waals surface area contributed by atoms with Crippen molar-refractivity contribution in [3.05, 3.63) is 65.4 Å². The average molecular weight is 291 g/mol. The van der Waals surface area contributed by atoms with Gasteiger partial charge >= 0.3 is 5.95 Å². The minimum absolute atomic E-state index is 0.540. The fourth-order valence-electron chi connectivity index (χ4n) is 3.25. The van der Waals surface area contributed by atoms with E-state index >= 15 is 0 Å². The van der Waals surface area contributed by atoms with E-state index in [2.05, 4.69) is 43.9 Å². The smallest absolute Gasteiger partial charge is 0.315 e. The molecule has 2 heterocycles. The van der Waals surface area contributed by atoms with Gasteiger partial charge in [-0.15, -0.1) is 0 Å². The summed E-state index contributed by atoms with van der Waals surface area (Å²) in [6, 6.07) is 14.4. The molecule has 3 aromatic rings. The van der Waals surface area contributed by atoms with Gasteiger partial charge in [0.2, 0.25) is 0 Å². The van der Waals surface area contributed by atoms with Gasteiger partial charge in [0, 0.05) is 6.07 Å². The molecule has 0 saturated heterocycles. The molecule has 3 heteroatoms. The Morgan fingerprint density at radius 2 is 1.59 bits per heavy atom. The lowest BCUT2D eigenvalue weighted by atomic mass is 10.0. The topological polar surface area (TPSA) is 25.6 Å². The van der Waals surface area contributed by atoms with E-state index < -0.39 is 0 Å². The quantitative estimate of drug-likeness (QED) is 0.444. The van der Waals surface area contributed by atoms with Gasteiger partial charge in [-0.2, -0.15) is 0 Å². The van der Waals surface area contributed by atoms with Crippen molar-refractivity contribution >= 4 is 17.1 Å². The van der Waals surface area contributed by atoms with E-state index in [4.69, 9.17) is 9.15 Å². The first-order chi connectivity index (χ1) is 10.6. The van der Waals surface area contributed by atoms with Gasteiger partial charge in [-0.25, -0.2) is 0 Å². The van der Waals surface area contributed by atoms with Crippen LogP contribution in [-0.2, 0) is 0 Å². The van der Waals surface area contributed by atoms with E-state index in [1.807, 2.05) is 24.3 Å². The predicted octanol–water partition coefficient (Wildman–Crippen LogP) is 5.78. The molecule has 2 aromatic carbocycles. The maximum atomic E-state index is 5.86. The highest BCUT2D eigenvalue weighted by Crippen LogP contribution is 2.52. The SMILES string of the molecule is Cc1cc(C)c(N2c3ccccc3Oc3occc32)c(C)c1. The molecule has 4 rings (SSSR count). The zero-order chi connectivity index (χ0) is 15.3. The van der Waals surface area contributed by atoms with E-state index in [1.54, 1.807) is 6.26 Å². The van der Waals surface area contributed by atoms with Gasteiger partial charge in [0.25, 0.3) is 0 Å². The molecule has 1 aromatic heterocycles. The second-order valence-electron chi connectivity index (χ2n) is 5.75. The van der Waals surface area contributed by atoms with Gasteiger partial charge in [-0.05, 0) is 44.0 Å². The Labute approximate surface area is 129 Å². The van der Waals surface area contributed by atoms with Crippen molar-refractivity contribution in [2.75, 3.05) is 4.90 Å². The molecular weight excluding hydrogens is 274 g/mol. The third-order valence-electron chi connectivity index (χ3n) is 4.02. The van der Waals surface area contributed by atoms with E-state index in [0.29, 0.717) is 5.95 Å². The molecule has 1 aliphatic heterocycles. The Morgan fingerprint density at radius 3 is 2.36 bits per heavy atom. The number of furan rings is 1. The molecule has 0 saturated carbocycles. The summed E-state index contributed by atoms with van der Waals surface area (Å²) in [5.41, 5.74) is 6.90. The van der Waals surface area contributed by atoms with Gasteiger partial charge in [0.15, 0.2) is 5.75 Å². The van der Waals surface area contributed by atoms with Gasteiger partial charge in [0.1, 0.15) is 5.69 Å². The molecule has 3 nitrogen and oxygen atoms in total. The number of aryl methyl sites for hydroxylation is 3. The average Bonchev–Trinajstić information content (AvgIpc) is 2.93. The Bertz CT molecular complexity index is 840. The first kappa shape index (κ1) is 13.0. The molecule has 0 atom stereocenters. The zero-order valence-corrected chi connectivity index (χ0v) is 12.9. The zero-order valence-electron chi connectivity index (χ0n) is 12.9. The maximum absolute atomic E-state index is 5.86. The number of rotatable bonds is 1. The highest BCUT2D eigenvalue weighted by atomic mass is 16.6. The number of nitrogens with zero attached hydrogens (tertiary/aromatic N) is 1. The number of anilines is 3. The highest BCUT2D eigenvalue weighted by molar-refractivity contribution is 5.87. The van der Waals surface area contributed by atoms with E-state index in [1.165, 1.54) is 22.4 Å². The normalized spacial score (nSPS) is 12.6. The lowest BCUT2D eigenvalue weighted by molar-refractivity contribution is 0.344. The number of ether oxygens (including phenoxy) is 1. The number of fused-ring (bicyclic) bond motifs is 2. The molecule has 0 radical (unpaired) electrons. The highest BCUT2D eigenvalue weighted by Gasteiger charge is 2.29. The van der Waals surface area contributed by atoms with E-state index in [-0.39, 0.29) is 0 Å².